The van der Waals surface area contributed by atoms with Gasteiger partial charge in [0.25, 0.3) is 0 Å². The van der Waals surface area contributed by atoms with E-state index < -0.39 is 37.9 Å². The molecule has 0 bridgehead atoms. The fourth-order valence-electron chi connectivity index (χ4n) is 4.62. The van der Waals surface area contributed by atoms with Gasteiger partial charge in [0, 0.05) is 0 Å². The van der Waals surface area contributed by atoms with E-state index in [0.717, 1.165) is 16.7 Å². The maximum Gasteiger partial charge on any atom is 0.367 e. The van der Waals surface area contributed by atoms with E-state index in [1.807, 2.05) is 91.0 Å². The van der Waals surface area contributed by atoms with E-state index >= 15 is 4.39 Å². The molecular formula is C31H38FO7P. The molecule has 0 N–H and O–H groups in total. The van der Waals surface area contributed by atoms with E-state index in [-0.39, 0.29) is 33.0 Å². The SMILES string of the molecule is CCOP(=O)(OCC)C(F)[C@H]1O[C@H](COCc2ccccc2)[C@@H](OCc2ccccc2)[C@@H]1OCc1ccccc1. The van der Waals surface area contributed by atoms with Crippen LogP contribution in [0.1, 0.15) is 30.5 Å². The minimum atomic E-state index is -4.16. The number of alkyl halides is 1. The second-order valence-electron chi connectivity index (χ2n) is 9.41. The summed E-state index contributed by atoms with van der Waals surface area (Å²) in [5.41, 5.74) is 2.85. The molecule has 216 valence electrons. The summed E-state index contributed by atoms with van der Waals surface area (Å²) in [6.07, 6.45) is -3.56. The molecular weight excluding hydrogens is 534 g/mol. The summed E-state index contributed by atoms with van der Waals surface area (Å²) < 4.78 is 65.2. The molecule has 0 amide bonds. The standard InChI is InChI=1S/C31H38FO7P/c1-3-37-40(33,38-4-2)31(32)30-29(36-22-26-18-12-7-13-19-26)28(35-21-25-16-10-6-11-17-25)27(39-30)23-34-20-24-14-8-5-9-15-24/h5-19,27-31H,3-4,20-23H2,1-2H3/t27-,28-,29+,30+,31?/m1/s1. The van der Waals surface area contributed by atoms with Crippen LogP contribution < -0.4 is 0 Å². The Balaban J connectivity index is 1.59. The Hall–Kier alpha value is -2.42. The smallest absolute Gasteiger partial charge is 0.367 e. The molecule has 3 aromatic rings. The van der Waals surface area contributed by atoms with Crippen molar-refractivity contribution in [1.82, 2.24) is 0 Å². The molecule has 0 spiro atoms. The Kier molecular flexibility index (Phi) is 11.9. The Morgan fingerprint density at radius 2 is 1.18 bits per heavy atom. The molecule has 7 nitrogen and oxygen atoms in total. The van der Waals surface area contributed by atoms with Gasteiger partial charge in [0.1, 0.15) is 24.4 Å². The van der Waals surface area contributed by atoms with Gasteiger partial charge in [0.2, 0.25) is 5.91 Å². The lowest BCUT2D eigenvalue weighted by Gasteiger charge is -2.29. The summed E-state index contributed by atoms with van der Waals surface area (Å²) in [7, 11) is -4.16. The van der Waals surface area contributed by atoms with Gasteiger partial charge in [-0.15, -0.1) is 0 Å². The lowest BCUT2D eigenvalue weighted by atomic mass is 10.1. The third-order valence-electron chi connectivity index (χ3n) is 6.50. The highest BCUT2D eigenvalue weighted by molar-refractivity contribution is 7.54. The number of halogens is 1. The average Bonchev–Trinajstić information content (AvgIpc) is 3.33. The number of rotatable bonds is 16. The van der Waals surface area contributed by atoms with Gasteiger partial charge in [-0.3, -0.25) is 4.57 Å². The number of ether oxygens (including phenoxy) is 4. The van der Waals surface area contributed by atoms with Crippen LogP contribution in [0, 0.1) is 0 Å². The van der Waals surface area contributed by atoms with E-state index in [9.17, 15) is 4.57 Å². The fraction of sp³-hybridized carbons (Fsp3) is 0.419. The van der Waals surface area contributed by atoms with E-state index in [2.05, 4.69) is 0 Å². The van der Waals surface area contributed by atoms with Crippen molar-refractivity contribution in [2.75, 3.05) is 19.8 Å². The first-order valence-corrected chi connectivity index (χ1v) is 15.3. The van der Waals surface area contributed by atoms with E-state index in [1.54, 1.807) is 13.8 Å². The molecule has 1 fully saturated rings. The van der Waals surface area contributed by atoms with Crippen LogP contribution in [0.3, 0.4) is 0 Å². The largest absolute Gasteiger partial charge is 0.374 e. The lowest BCUT2D eigenvalue weighted by Crippen LogP contribution is -2.41. The van der Waals surface area contributed by atoms with Crippen LogP contribution in [0.25, 0.3) is 0 Å². The molecule has 40 heavy (non-hydrogen) atoms. The van der Waals surface area contributed by atoms with Gasteiger partial charge < -0.3 is 28.0 Å². The van der Waals surface area contributed by atoms with Crippen LogP contribution in [0.4, 0.5) is 4.39 Å². The zero-order valence-electron chi connectivity index (χ0n) is 23.0. The molecule has 1 unspecified atom stereocenters. The number of benzene rings is 3. The van der Waals surface area contributed by atoms with Crippen molar-refractivity contribution in [3.8, 4) is 0 Å². The molecule has 3 aromatic carbocycles. The highest BCUT2D eigenvalue weighted by Gasteiger charge is 2.55. The zero-order chi connectivity index (χ0) is 28.2. The second kappa shape index (κ2) is 15.5. The van der Waals surface area contributed by atoms with Gasteiger partial charge in [-0.25, -0.2) is 4.39 Å². The van der Waals surface area contributed by atoms with E-state index in [4.69, 9.17) is 28.0 Å². The number of hydrogen-bond donors (Lipinski definition) is 0. The predicted octanol–water partition coefficient (Wildman–Crippen LogP) is 6.70. The molecule has 1 aliphatic rings. The van der Waals surface area contributed by atoms with Crippen LogP contribution in [0.2, 0.25) is 0 Å². The first-order chi connectivity index (χ1) is 19.5. The molecule has 1 aliphatic heterocycles. The average molecular weight is 573 g/mol. The summed E-state index contributed by atoms with van der Waals surface area (Å²) in [4.78, 5) is 0. The minimum absolute atomic E-state index is 0.0253. The third-order valence-corrected chi connectivity index (χ3v) is 8.64. The first kappa shape index (κ1) is 30.5. The molecule has 1 heterocycles. The highest BCUT2D eigenvalue weighted by atomic mass is 31.2. The molecule has 9 heteroatoms. The second-order valence-corrected chi connectivity index (χ2v) is 11.5. The molecule has 1 saturated heterocycles. The van der Waals surface area contributed by atoms with Crippen molar-refractivity contribution in [2.24, 2.45) is 0 Å². The van der Waals surface area contributed by atoms with Crippen LogP contribution in [0.5, 0.6) is 0 Å². The number of hydrogen-bond acceptors (Lipinski definition) is 7. The van der Waals surface area contributed by atoms with Gasteiger partial charge in [-0.2, -0.15) is 0 Å². The van der Waals surface area contributed by atoms with E-state index in [1.165, 1.54) is 0 Å². The summed E-state index contributed by atoms with van der Waals surface area (Å²) in [5, 5.41) is 0. The Morgan fingerprint density at radius 1 is 0.725 bits per heavy atom. The van der Waals surface area contributed by atoms with Crippen molar-refractivity contribution in [3.63, 3.8) is 0 Å². The van der Waals surface area contributed by atoms with Crippen molar-refractivity contribution in [2.45, 2.75) is 64.0 Å². The van der Waals surface area contributed by atoms with E-state index in [0.29, 0.717) is 6.61 Å². The molecule has 4 rings (SSSR count). The normalized spacial score (nSPS) is 21.9. The molecule has 0 saturated carbocycles. The summed E-state index contributed by atoms with van der Waals surface area (Å²) >= 11 is 0. The summed E-state index contributed by atoms with van der Waals surface area (Å²) in [6.45, 7) is 4.25. The van der Waals surface area contributed by atoms with Crippen LogP contribution >= 0.6 is 7.60 Å². The Bertz CT molecular complexity index is 1160. The maximum atomic E-state index is 16.2. The third kappa shape index (κ3) is 8.30. The van der Waals surface area contributed by atoms with Crippen molar-refractivity contribution >= 4 is 7.60 Å². The van der Waals surface area contributed by atoms with Gasteiger partial charge >= 0.3 is 7.60 Å². The van der Waals surface area contributed by atoms with Crippen LogP contribution in [-0.2, 0) is 52.4 Å². The van der Waals surface area contributed by atoms with Crippen molar-refractivity contribution in [1.29, 1.82) is 0 Å². The summed E-state index contributed by atoms with van der Waals surface area (Å²) in [6, 6.07) is 29.0. The Labute approximate surface area is 236 Å². The predicted molar refractivity (Wildman–Crippen MR) is 151 cm³/mol. The highest BCUT2D eigenvalue weighted by Crippen LogP contribution is 2.57. The van der Waals surface area contributed by atoms with Gasteiger partial charge in [-0.05, 0) is 30.5 Å². The lowest BCUT2D eigenvalue weighted by molar-refractivity contribution is -0.0902. The fourth-order valence-corrected chi connectivity index (χ4v) is 6.30. The van der Waals surface area contributed by atoms with Crippen LogP contribution in [0.15, 0.2) is 91.0 Å². The molecule has 0 aliphatic carbocycles. The topological polar surface area (TPSA) is 72.5 Å². The quantitative estimate of drug-likeness (QED) is 0.177. The van der Waals surface area contributed by atoms with Crippen LogP contribution in [-0.4, -0.2) is 50.1 Å². The first-order valence-electron chi connectivity index (χ1n) is 13.6. The summed E-state index contributed by atoms with van der Waals surface area (Å²) in [5.74, 6) is -2.09. The van der Waals surface area contributed by atoms with Gasteiger partial charge in [0.05, 0.1) is 39.6 Å². The van der Waals surface area contributed by atoms with Gasteiger partial charge in [0.15, 0.2) is 0 Å². The minimum Gasteiger partial charge on any atom is -0.374 e. The molecule has 0 aromatic heterocycles. The molecule has 5 atom stereocenters. The Morgan fingerprint density at radius 3 is 1.65 bits per heavy atom. The van der Waals surface area contributed by atoms with Crippen molar-refractivity contribution in [3.05, 3.63) is 108 Å². The maximum absolute atomic E-state index is 16.2. The van der Waals surface area contributed by atoms with Gasteiger partial charge in [-0.1, -0.05) is 91.0 Å². The monoisotopic (exact) mass is 572 g/mol. The zero-order valence-corrected chi connectivity index (χ0v) is 23.9. The van der Waals surface area contributed by atoms with Crippen molar-refractivity contribution < 1.29 is 37.0 Å². The molecule has 0 radical (unpaired) electrons.